The number of likely N-dealkylation sites (tertiary alicyclic amines) is 1. The lowest BCUT2D eigenvalue weighted by atomic mass is 9.81. The largest absolute Gasteiger partial charge is 0.375 e. The zero-order valence-electron chi connectivity index (χ0n) is 15.2. The molecule has 2 saturated heterocycles. The van der Waals surface area contributed by atoms with E-state index in [1.807, 2.05) is 0 Å². The van der Waals surface area contributed by atoms with E-state index in [0.717, 1.165) is 58.0 Å². The Labute approximate surface area is 141 Å². The minimum atomic E-state index is 0.249. The van der Waals surface area contributed by atoms with E-state index in [2.05, 4.69) is 30.6 Å². The number of fused-ring (bicyclic) bond motifs is 1. The fourth-order valence-electron chi connectivity index (χ4n) is 4.51. The van der Waals surface area contributed by atoms with E-state index in [1.54, 1.807) is 0 Å². The summed E-state index contributed by atoms with van der Waals surface area (Å²) in [7, 11) is 0. The van der Waals surface area contributed by atoms with Crippen molar-refractivity contribution >= 4 is 5.91 Å². The number of carbonyl (C=O) groups is 1. The van der Waals surface area contributed by atoms with Gasteiger partial charge in [0.15, 0.2) is 0 Å². The third-order valence-electron chi connectivity index (χ3n) is 6.28. The van der Waals surface area contributed by atoms with Gasteiger partial charge in [-0.3, -0.25) is 9.69 Å². The first-order valence-corrected chi connectivity index (χ1v) is 9.69. The Balaban J connectivity index is 1.56. The third kappa shape index (κ3) is 4.08. The molecule has 3 rings (SSSR count). The van der Waals surface area contributed by atoms with Gasteiger partial charge in [0.1, 0.15) is 0 Å². The van der Waals surface area contributed by atoms with Crippen LogP contribution in [-0.4, -0.2) is 60.6 Å². The molecule has 2 heterocycles. The van der Waals surface area contributed by atoms with Gasteiger partial charge in [0.05, 0.1) is 12.7 Å². The molecule has 23 heavy (non-hydrogen) atoms. The zero-order chi connectivity index (χ0) is 16.4. The fraction of sp³-hybridized carbons (Fsp3) is 0.947. The molecule has 0 spiro atoms. The lowest BCUT2D eigenvalue weighted by molar-refractivity contribution is -0.142. The molecule has 1 amide bonds. The van der Waals surface area contributed by atoms with E-state index >= 15 is 0 Å². The van der Waals surface area contributed by atoms with Crippen molar-refractivity contribution in [1.82, 2.24) is 9.80 Å². The quantitative estimate of drug-likeness (QED) is 0.784. The van der Waals surface area contributed by atoms with Gasteiger partial charge in [0, 0.05) is 44.1 Å². The molecule has 4 nitrogen and oxygen atoms in total. The van der Waals surface area contributed by atoms with E-state index in [-0.39, 0.29) is 12.0 Å². The van der Waals surface area contributed by atoms with Crippen molar-refractivity contribution in [3.63, 3.8) is 0 Å². The molecule has 2 unspecified atom stereocenters. The first kappa shape index (κ1) is 17.2. The van der Waals surface area contributed by atoms with Gasteiger partial charge >= 0.3 is 0 Å². The molecule has 0 aromatic carbocycles. The van der Waals surface area contributed by atoms with E-state index in [0.29, 0.717) is 17.9 Å². The Morgan fingerprint density at radius 1 is 1.04 bits per heavy atom. The Kier molecular flexibility index (Phi) is 5.63. The van der Waals surface area contributed by atoms with Crippen LogP contribution in [0, 0.1) is 17.8 Å². The van der Waals surface area contributed by atoms with Crippen LogP contribution in [0.2, 0.25) is 0 Å². The van der Waals surface area contributed by atoms with Crippen molar-refractivity contribution in [3.05, 3.63) is 0 Å². The second-order valence-electron chi connectivity index (χ2n) is 8.29. The summed E-state index contributed by atoms with van der Waals surface area (Å²) in [5.41, 5.74) is 0. The minimum Gasteiger partial charge on any atom is -0.375 e. The average Bonchev–Trinajstić information content (AvgIpc) is 2.76. The number of piperidine rings is 1. The van der Waals surface area contributed by atoms with Crippen LogP contribution in [0.5, 0.6) is 0 Å². The molecule has 0 aromatic heterocycles. The summed E-state index contributed by atoms with van der Waals surface area (Å²) >= 11 is 0. The minimum absolute atomic E-state index is 0.249. The van der Waals surface area contributed by atoms with Gasteiger partial charge in [-0.2, -0.15) is 0 Å². The highest BCUT2D eigenvalue weighted by Gasteiger charge is 2.37. The summed E-state index contributed by atoms with van der Waals surface area (Å²) in [6.45, 7) is 11.6. The summed E-state index contributed by atoms with van der Waals surface area (Å²) in [4.78, 5) is 17.5. The lowest BCUT2D eigenvalue weighted by Gasteiger charge is -2.40. The Hall–Kier alpha value is -0.610. The third-order valence-corrected chi connectivity index (χ3v) is 6.28. The first-order chi connectivity index (χ1) is 11.0. The average molecular weight is 322 g/mol. The number of rotatable bonds is 2. The van der Waals surface area contributed by atoms with Crippen molar-refractivity contribution in [3.8, 4) is 0 Å². The molecule has 0 N–H and O–H groups in total. The maximum Gasteiger partial charge on any atom is 0.225 e. The van der Waals surface area contributed by atoms with Gasteiger partial charge in [0.25, 0.3) is 0 Å². The smallest absolute Gasteiger partial charge is 0.225 e. The summed E-state index contributed by atoms with van der Waals surface area (Å²) in [5, 5.41) is 0. The second kappa shape index (κ2) is 7.52. The maximum atomic E-state index is 12.9. The van der Waals surface area contributed by atoms with E-state index < -0.39 is 0 Å². The molecule has 0 aromatic rings. The van der Waals surface area contributed by atoms with Crippen LogP contribution in [0.15, 0.2) is 0 Å². The summed E-state index contributed by atoms with van der Waals surface area (Å²) in [6, 6.07) is 0.584. The van der Waals surface area contributed by atoms with E-state index in [4.69, 9.17) is 4.74 Å². The van der Waals surface area contributed by atoms with Crippen LogP contribution in [0.1, 0.15) is 52.9 Å². The molecule has 132 valence electrons. The Bertz CT molecular complexity index is 404. The van der Waals surface area contributed by atoms with Crippen molar-refractivity contribution in [2.45, 2.75) is 65.0 Å². The number of amides is 1. The van der Waals surface area contributed by atoms with Crippen LogP contribution < -0.4 is 0 Å². The van der Waals surface area contributed by atoms with Crippen molar-refractivity contribution in [2.24, 2.45) is 17.8 Å². The highest BCUT2D eigenvalue weighted by molar-refractivity contribution is 5.79. The molecule has 4 heteroatoms. The van der Waals surface area contributed by atoms with E-state index in [9.17, 15) is 4.79 Å². The highest BCUT2D eigenvalue weighted by Crippen LogP contribution is 2.32. The standard InChI is InChI=1S/C19H34N2O2/c1-14(2)20-10-11-23-18-13-21(9-8-17(18)12-20)19(22)16-6-4-15(3)5-7-16/h14-18H,4-13H2,1-3H3. The molecule has 1 saturated carbocycles. The van der Waals surface area contributed by atoms with Crippen molar-refractivity contribution in [1.29, 1.82) is 0 Å². The van der Waals surface area contributed by atoms with Gasteiger partial charge < -0.3 is 9.64 Å². The Morgan fingerprint density at radius 2 is 1.78 bits per heavy atom. The van der Waals surface area contributed by atoms with Crippen molar-refractivity contribution < 1.29 is 9.53 Å². The van der Waals surface area contributed by atoms with E-state index in [1.165, 1.54) is 12.8 Å². The number of ether oxygens (including phenoxy) is 1. The number of hydrogen-bond acceptors (Lipinski definition) is 3. The predicted octanol–water partition coefficient (Wildman–Crippen LogP) is 2.77. The number of carbonyl (C=O) groups excluding carboxylic acids is 1. The number of hydrogen-bond donors (Lipinski definition) is 0. The SMILES string of the molecule is CC1CCC(C(=O)N2CCC3CN(C(C)C)CCOC3C2)CC1. The maximum absolute atomic E-state index is 12.9. The fourth-order valence-corrected chi connectivity index (χ4v) is 4.51. The summed E-state index contributed by atoms with van der Waals surface area (Å²) in [6.07, 6.45) is 5.97. The van der Waals surface area contributed by atoms with Crippen molar-refractivity contribution in [2.75, 3.05) is 32.8 Å². The van der Waals surface area contributed by atoms with Crippen LogP contribution in [0.25, 0.3) is 0 Å². The molecule has 2 atom stereocenters. The molecule has 0 radical (unpaired) electrons. The predicted molar refractivity (Wildman–Crippen MR) is 92.3 cm³/mol. The van der Waals surface area contributed by atoms with Gasteiger partial charge in [0.2, 0.25) is 5.91 Å². The zero-order valence-corrected chi connectivity index (χ0v) is 15.2. The number of nitrogens with zero attached hydrogens (tertiary/aromatic N) is 2. The van der Waals surface area contributed by atoms with Crippen LogP contribution in [-0.2, 0) is 9.53 Å². The van der Waals surface area contributed by atoms with Crippen LogP contribution >= 0.6 is 0 Å². The van der Waals surface area contributed by atoms with Crippen LogP contribution in [0.4, 0.5) is 0 Å². The molecule has 3 fully saturated rings. The molecule has 3 aliphatic rings. The lowest BCUT2D eigenvalue weighted by Crippen LogP contribution is -2.51. The summed E-state index contributed by atoms with van der Waals surface area (Å²) < 4.78 is 6.14. The monoisotopic (exact) mass is 322 g/mol. The van der Waals surface area contributed by atoms with Gasteiger partial charge in [-0.1, -0.05) is 6.92 Å². The topological polar surface area (TPSA) is 32.8 Å². The van der Waals surface area contributed by atoms with Crippen LogP contribution in [0.3, 0.4) is 0 Å². The first-order valence-electron chi connectivity index (χ1n) is 9.69. The Morgan fingerprint density at radius 3 is 2.48 bits per heavy atom. The van der Waals surface area contributed by atoms with Gasteiger partial charge in [-0.05, 0) is 51.9 Å². The second-order valence-corrected chi connectivity index (χ2v) is 8.29. The molecular weight excluding hydrogens is 288 g/mol. The molecule has 0 bridgehead atoms. The van der Waals surface area contributed by atoms with Gasteiger partial charge in [-0.25, -0.2) is 0 Å². The molecule has 2 aliphatic heterocycles. The highest BCUT2D eigenvalue weighted by atomic mass is 16.5. The normalized spacial score (nSPS) is 36.6. The van der Waals surface area contributed by atoms with Gasteiger partial charge in [-0.15, -0.1) is 0 Å². The summed E-state index contributed by atoms with van der Waals surface area (Å²) in [5.74, 6) is 2.08. The molecule has 1 aliphatic carbocycles. The molecular formula is C19H34N2O2.